The van der Waals surface area contributed by atoms with Crippen molar-refractivity contribution in [2.75, 3.05) is 7.11 Å². The summed E-state index contributed by atoms with van der Waals surface area (Å²) in [4.78, 5) is 3.88. The number of ether oxygens (including phenoxy) is 2. The van der Waals surface area contributed by atoms with Crippen molar-refractivity contribution in [3.63, 3.8) is 0 Å². The molecular formula is C13H11ClFNO2. The molecule has 1 heterocycles. The van der Waals surface area contributed by atoms with Gasteiger partial charge in [-0.05, 0) is 18.2 Å². The zero-order chi connectivity index (χ0) is 13.0. The van der Waals surface area contributed by atoms with Crippen LogP contribution in [0.1, 0.15) is 5.56 Å². The van der Waals surface area contributed by atoms with Crippen LogP contribution in [0.2, 0.25) is 0 Å². The minimum Gasteiger partial charge on any atom is -0.497 e. The number of aromatic nitrogens is 1. The highest BCUT2D eigenvalue weighted by molar-refractivity contribution is 6.17. The molecule has 18 heavy (non-hydrogen) atoms. The van der Waals surface area contributed by atoms with Gasteiger partial charge in [-0.3, -0.25) is 0 Å². The Hall–Kier alpha value is -1.81. The van der Waals surface area contributed by atoms with E-state index in [1.54, 1.807) is 31.4 Å². The molecule has 2 rings (SSSR count). The summed E-state index contributed by atoms with van der Waals surface area (Å²) >= 11 is 5.72. The Bertz CT molecular complexity index is 548. The third-order valence-corrected chi connectivity index (χ3v) is 2.58. The van der Waals surface area contributed by atoms with Crippen molar-refractivity contribution < 1.29 is 13.9 Å². The van der Waals surface area contributed by atoms with Crippen LogP contribution >= 0.6 is 11.6 Å². The van der Waals surface area contributed by atoms with Crippen LogP contribution in [-0.4, -0.2) is 12.1 Å². The first-order valence-corrected chi connectivity index (χ1v) is 5.78. The molecule has 0 saturated carbocycles. The van der Waals surface area contributed by atoms with Gasteiger partial charge in [0, 0.05) is 11.6 Å². The van der Waals surface area contributed by atoms with E-state index in [0.717, 1.165) is 6.20 Å². The monoisotopic (exact) mass is 267 g/mol. The number of pyridine rings is 1. The summed E-state index contributed by atoms with van der Waals surface area (Å²) in [5.41, 5.74) is 0.500. The van der Waals surface area contributed by atoms with E-state index in [0.29, 0.717) is 22.9 Å². The molecule has 0 aliphatic heterocycles. The van der Waals surface area contributed by atoms with Gasteiger partial charge in [-0.15, -0.1) is 11.6 Å². The van der Waals surface area contributed by atoms with Gasteiger partial charge in [-0.1, -0.05) is 6.07 Å². The minimum atomic E-state index is -0.441. The Kier molecular flexibility index (Phi) is 3.99. The predicted molar refractivity (Wildman–Crippen MR) is 66.8 cm³/mol. The molecule has 0 atom stereocenters. The van der Waals surface area contributed by atoms with Crippen molar-refractivity contribution in [1.82, 2.24) is 4.98 Å². The second-order valence-electron chi connectivity index (χ2n) is 3.53. The van der Waals surface area contributed by atoms with Crippen LogP contribution in [0, 0.1) is 5.82 Å². The first-order chi connectivity index (χ1) is 8.72. The number of methoxy groups -OCH3 is 1. The van der Waals surface area contributed by atoms with Crippen LogP contribution in [0.4, 0.5) is 4.39 Å². The van der Waals surface area contributed by atoms with E-state index in [4.69, 9.17) is 21.1 Å². The first kappa shape index (κ1) is 12.6. The molecule has 0 aliphatic rings. The molecule has 0 radical (unpaired) electrons. The average molecular weight is 268 g/mol. The molecule has 0 N–H and O–H groups in total. The Morgan fingerprint density at radius 3 is 2.78 bits per heavy atom. The minimum absolute atomic E-state index is 0.129. The summed E-state index contributed by atoms with van der Waals surface area (Å²) in [6.45, 7) is 0. The first-order valence-electron chi connectivity index (χ1n) is 5.25. The number of hydrogen-bond acceptors (Lipinski definition) is 3. The highest BCUT2D eigenvalue weighted by Gasteiger charge is 2.08. The summed E-state index contributed by atoms with van der Waals surface area (Å²) in [6, 6.07) is 8.36. The summed E-state index contributed by atoms with van der Waals surface area (Å²) in [7, 11) is 1.57. The normalized spacial score (nSPS) is 10.2. The fourth-order valence-corrected chi connectivity index (χ4v) is 1.62. The van der Waals surface area contributed by atoms with Gasteiger partial charge in [0.2, 0.25) is 5.88 Å². The third-order valence-electron chi connectivity index (χ3n) is 2.29. The van der Waals surface area contributed by atoms with E-state index in [1.165, 1.54) is 6.07 Å². The van der Waals surface area contributed by atoms with Gasteiger partial charge in [0.15, 0.2) is 0 Å². The van der Waals surface area contributed by atoms with Crippen LogP contribution in [0.15, 0.2) is 36.5 Å². The Balaban J connectivity index is 2.27. The summed E-state index contributed by atoms with van der Waals surface area (Å²) < 4.78 is 23.6. The molecule has 0 aliphatic carbocycles. The Labute approximate surface area is 109 Å². The number of rotatable bonds is 4. The molecule has 94 valence electrons. The highest BCUT2D eigenvalue weighted by atomic mass is 35.5. The number of halogens is 2. The zero-order valence-electron chi connectivity index (χ0n) is 9.69. The van der Waals surface area contributed by atoms with E-state index >= 15 is 0 Å². The topological polar surface area (TPSA) is 31.4 Å². The molecule has 0 saturated heterocycles. The van der Waals surface area contributed by atoms with Gasteiger partial charge in [-0.2, -0.15) is 0 Å². The van der Waals surface area contributed by atoms with Crippen molar-refractivity contribution in [2.24, 2.45) is 0 Å². The Morgan fingerprint density at radius 1 is 1.28 bits per heavy atom. The molecule has 0 spiro atoms. The molecule has 1 aromatic carbocycles. The fraction of sp³-hybridized carbons (Fsp3) is 0.154. The summed E-state index contributed by atoms with van der Waals surface area (Å²) in [5, 5.41) is 0. The lowest BCUT2D eigenvalue weighted by Gasteiger charge is -2.09. The standard InChI is InChI=1S/C13H11ClFNO2/c1-17-11-3-2-4-12(6-11)18-13-9(7-14)5-10(15)8-16-13/h2-6,8H,7H2,1H3. The Morgan fingerprint density at radius 2 is 2.06 bits per heavy atom. The van der Waals surface area contributed by atoms with Crippen molar-refractivity contribution >= 4 is 11.6 Å². The van der Waals surface area contributed by atoms with Gasteiger partial charge >= 0.3 is 0 Å². The van der Waals surface area contributed by atoms with E-state index in [-0.39, 0.29) is 5.88 Å². The molecule has 3 nitrogen and oxygen atoms in total. The van der Waals surface area contributed by atoms with E-state index in [2.05, 4.69) is 4.98 Å². The molecule has 2 aromatic rings. The second-order valence-corrected chi connectivity index (χ2v) is 3.80. The lowest BCUT2D eigenvalue weighted by Crippen LogP contribution is -1.94. The molecular weight excluding hydrogens is 257 g/mol. The molecule has 0 amide bonds. The quantitative estimate of drug-likeness (QED) is 0.791. The van der Waals surface area contributed by atoms with Crippen molar-refractivity contribution in [3.8, 4) is 17.4 Å². The lowest BCUT2D eigenvalue weighted by molar-refractivity contribution is 0.406. The summed E-state index contributed by atoms with van der Waals surface area (Å²) in [5.74, 6) is 1.20. The van der Waals surface area contributed by atoms with E-state index < -0.39 is 5.82 Å². The van der Waals surface area contributed by atoms with Gasteiger partial charge in [0.1, 0.15) is 17.3 Å². The van der Waals surface area contributed by atoms with Crippen LogP contribution < -0.4 is 9.47 Å². The summed E-state index contributed by atoms with van der Waals surface area (Å²) in [6.07, 6.45) is 1.09. The van der Waals surface area contributed by atoms with Gasteiger partial charge in [-0.25, -0.2) is 9.37 Å². The van der Waals surface area contributed by atoms with Crippen molar-refractivity contribution in [1.29, 1.82) is 0 Å². The smallest absolute Gasteiger partial charge is 0.223 e. The molecule has 0 fully saturated rings. The largest absolute Gasteiger partial charge is 0.497 e. The SMILES string of the molecule is COc1cccc(Oc2ncc(F)cc2CCl)c1. The van der Waals surface area contributed by atoms with Crippen molar-refractivity contribution in [2.45, 2.75) is 5.88 Å². The molecule has 0 unspecified atom stereocenters. The van der Waals surface area contributed by atoms with E-state index in [9.17, 15) is 4.39 Å². The van der Waals surface area contributed by atoms with Gasteiger partial charge in [0.25, 0.3) is 0 Å². The highest BCUT2D eigenvalue weighted by Crippen LogP contribution is 2.27. The number of hydrogen-bond donors (Lipinski definition) is 0. The van der Waals surface area contributed by atoms with Gasteiger partial charge < -0.3 is 9.47 Å². The van der Waals surface area contributed by atoms with E-state index in [1.807, 2.05) is 0 Å². The lowest BCUT2D eigenvalue weighted by atomic mass is 10.3. The van der Waals surface area contributed by atoms with Crippen LogP contribution in [0.5, 0.6) is 17.4 Å². The maximum absolute atomic E-state index is 13.0. The maximum Gasteiger partial charge on any atom is 0.223 e. The fourth-order valence-electron chi connectivity index (χ4n) is 1.43. The molecule has 0 bridgehead atoms. The number of nitrogens with zero attached hydrogens (tertiary/aromatic N) is 1. The molecule has 5 heteroatoms. The predicted octanol–water partition coefficient (Wildman–Crippen LogP) is 3.76. The number of benzene rings is 1. The molecule has 1 aromatic heterocycles. The second kappa shape index (κ2) is 5.69. The average Bonchev–Trinajstić information content (AvgIpc) is 2.41. The van der Waals surface area contributed by atoms with Crippen LogP contribution in [-0.2, 0) is 5.88 Å². The zero-order valence-corrected chi connectivity index (χ0v) is 10.4. The number of alkyl halides is 1. The third kappa shape index (κ3) is 2.90. The van der Waals surface area contributed by atoms with Crippen LogP contribution in [0.25, 0.3) is 0 Å². The maximum atomic E-state index is 13.0. The van der Waals surface area contributed by atoms with Crippen LogP contribution in [0.3, 0.4) is 0 Å². The van der Waals surface area contributed by atoms with Gasteiger partial charge in [0.05, 0.1) is 19.2 Å². The van der Waals surface area contributed by atoms with Crippen molar-refractivity contribution in [3.05, 3.63) is 47.9 Å².